The molecular formula is C17H26N2O2. The lowest BCUT2D eigenvalue weighted by molar-refractivity contribution is 0.0520. The maximum absolute atomic E-state index is 12.4. The third kappa shape index (κ3) is 4.46. The summed E-state index contributed by atoms with van der Waals surface area (Å²) in [6.45, 7) is 3.72. The van der Waals surface area contributed by atoms with Crippen LogP contribution in [-0.2, 0) is 0 Å². The van der Waals surface area contributed by atoms with E-state index in [0.717, 1.165) is 18.4 Å². The van der Waals surface area contributed by atoms with E-state index in [-0.39, 0.29) is 12.1 Å². The van der Waals surface area contributed by atoms with Crippen molar-refractivity contribution >= 4 is 6.03 Å². The normalized spacial score (nSPS) is 17.0. The lowest BCUT2D eigenvalue weighted by Crippen LogP contribution is -2.47. The van der Waals surface area contributed by atoms with Crippen LogP contribution in [0.5, 0.6) is 0 Å². The molecule has 4 nitrogen and oxygen atoms in total. The first-order valence-electron chi connectivity index (χ1n) is 7.66. The number of benzene rings is 1. The molecule has 0 heterocycles. The van der Waals surface area contributed by atoms with E-state index in [2.05, 4.69) is 17.4 Å². The predicted octanol–water partition coefficient (Wildman–Crippen LogP) is 2.94. The number of urea groups is 1. The van der Waals surface area contributed by atoms with Gasteiger partial charge in [-0.05, 0) is 38.2 Å². The summed E-state index contributed by atoms with van der Waals surface area (Å²) in [6, 6.07) is 10.1. The van der Waals surface area contributed by atoms with Crippen LogP contribution in [0.25, 0.3) is 0 Å². The van der Waals surface area contributed by atoms with Crippen molar-refractivity contribution in [1.29, 1.82) is 0 Å². The Hall–Kier alpha value is -1.55. The summed E-state index contributed by atoms with van der Waals surface area (Å²) >= 11 is 0. The molecule has 2 amide bonds. The van der Waals surface area contributed by atoms with Gasteiger partial charge in [-0.1, -0.05) is 36.8 Å². The summed E-state index contributed by atoms with van der Waals surface area (Å²) in [5, 5.41) is 13.0. The largest absolute Gasteiger partial charge is 0.389 e. The first kappa shape index (κ1) is 15.8. The van der Waals surface area contributed by atoms with Crippen LogP contribution in [0.15, 0.2) is 30.3 Å². The van der Waals surface area contributed by atoms with E-state index in [4.69, 9.17) is 0 Å². The Balaban J connectivity index is 2.03. The smallest absolute Gasteiger partial charge is 0.317 e. The van der Waals surface area contributed by atoms with E-state index in [0.29, 0.717) is 12.5 Å². The average molecular weight is 290 g/mol. The minimum atomic E-state index is -0.884. The number of amides is 2. The number of hydrogen-bond acceptors (Lipinski definition) is 2. The Kier molecular flexibility index (Phi) is 4.88. The van der Waals surface area contributed by atoms with Crippen LogP contribution in [0.2, 0.25) is 0 Å². The summed E-state index contributed by atoms with van der Waals surface area (Å²) < 4.78 is 0. The molecule has 1 aromatic rings. The topological polar surface area (TPSA) is 52.6 Å². The van der Waals surface area contributed by atoms with Crippen LogP contribution in [0.4, 0.5) is 4.79 Å². The van der Waals surface area contributed by atoms with Gasteiger partial charge < -0.3 is 15.3 Å². The number of nitrogens with one attached hydrogen (secondary N) is 1. The van der Waals surface area contributed by atoms with Crippen molar-refractivity contribution in [2.24, 2.45) is 5.92 Å². The maximum Gasteiger partial charge on any atom is 0.317 e. The molecule has 21 heavy (non-hydrogen) atoms. The third-order valence-electron chi connectivity index (χ3n) is 4.03. The zero-order chi connectivity index (χ0) is 15.5. The molecule has 1 aliphatic rings. The highest BCUT2D eigenvalue weighted by Crippen LogP contribution is 2.37. The van der Waals surface area contributed by atoms with E-state index in [9.17, 15) is 9.90 Å². The van der Waals surface area contributed by atoms with Crippen molar-refractivity contribution in [3.05, 3.63) is 35.9 Å². The molecule has 1 atom stereocenters. The van der Waals surface area contributed by atoms with Gasteiger partial charge in [0.1, 0.15) is 0 Å². The first-order valence-corrected chi connectivity index (χ1v) is 7.66. The molecule has 116 valence electrons. The molecular weight excluding hydrogens is 264 g/mol. The number of nitrogens with zero attached hydrogens (tertiary/aromatic N) is 1. The second-order valence-corrected chi connectivity index (χ2v) is 6.70. The van der Waals surface area contributed by atoms with Gasteiger partial charge in [0.2, 0.25) is 0 Å². The Labute approximate surface area is 127 Å². The molecule has 1 saturated carbocycles. The van der Waals surface area contributed by atoms with Crippen LogP contribution >= 0.6 is 0 Å². The van der Waals surface area contributed by atoms with Crippen molar-refractivity contribution in [2.75, 3.05) is 13.6 Å². The summed E-state index contributed by atoms with van der Waals surface area (Å²) in [6.07, 6.45) is 3.56. The van der Waals surface area contributed by atoms with E-state index in [1.807, 2.05) is 18.2 Å². The number of rotatable bonds is 5. The molecule has 1 aliphatic carbocycles. The summed E-state index contributed by atoms with van der Waals surface area (Å²) in [4.78, 5) is 13.9. The molecule has 4 heteroatoms. The third-order valence-corrected chi connectivity index (χ3v) is 4.03. The number of likely N-dealkylation sites (N-methyl/N-ethyl adjacent to an activating group) is 1. The molecule has 2 N–H and O–H groups in total. The SMILES string of the molecule is CN(CC(C)(C)O)C(=O)NC(c1ccccc1)C1CCC1. The number of aliphatic hydroxyl groups is 1. The molecule has 0 radical (unpaired) electrons. The van der Waals surface area contributed by atoms with Gasteiger partial charge in [0.25, 0.3) is 0 Å². The molecule has 0 aliphatic heterocycles. The monoisotopic (exact) mass is 290 g/mol. The van der Waals surface area contributed by atoms with Gasteiger partial charge in [0, 0.05) is 7.05 Å². The highest BCUT2D eigenvalue weighted by molar-refractivity contribution is 5.74. The molecule has 0 spiro atoms. The standard InChI is InChI=1S/C17H26N2O2/c1-17(2,21)12-19(3)16(20)18-15(14-10-7-11-14)13-8-5-4-6-9-13/h4-6,8-9,14-15,21H,7,10-12H2,1-3H3,(H,18,20). The lowest BCUT2D eigenvalue weighted by Gasteiger charge is -2.36. The highest BCUT2D eigenvalue weighted by atomic mass is 16.3. The molecule has 1 fully saturated rings. The molecule has 1 aromatic carbocycles. The van der Waals surface area contributed by atoms with Gasteiger partial charge >= 0.3 is 6.03 Å². The fourth-order valence-electron chi connectivity index (χ4n) is 2.80. The number of hydrogen-bond donors (Lipinski definition) is 2. The van der Waals surface area contributed by atoms with E-state index in [1.165, 1.54) is 6.42 Å². The summed E-state index contributed by atoms with van der Waals surface area (Å²) in [5.74, 6) is 0.520. The van der Waals surface area contributed by atoms with Crippen molar-refractivity contribution in [2.45, 2.75) is 44.8 Å². The Morgan fingerprint density at radius 2 is 2.00 bits per heavy atom. The highest BCUT2D eigenvalue weighted by Gasteiger charge is 2.31. The van der Waals surface area contributed by atoms with Gasteiger partial charge in [-0.25, -0.2) is 4.79 Å². The molecule has 0 aromatic heterocycles. The predicted molar refractivity (Wildman–Crippen MR) is 84.0 cm³/mol. The van der Waals surface area contributed by atoms with E-state index >= 15 is 0 Å². The van der Waals surface area contributed by atoms with E-state index < -0.39 is 5.60 Å². The van der Waals surface area contributed by atoms with Gasteiger partial charge in [-0.3, -0.25) is 0 Å². The van der Waals surface area contributed by atoms with Crippen LogP contribution in [-0.4, -0.2) is 35.2 Å². The minimum absolute atomic E-state index is 0.0664. The van der Waals surface area contributed by atoms with Crippen LogP contribution in [0.1, 0.15) is 44.7 Å². The Bertz CT molecular complexity index is 463. The van der Waals surface area contributed by atoms with Crippen molar-refractivity contribution in [3.63, 3.8) is 0 Å². The second-order valence-electron chi connectivity index (χ2n) is 6.70. The fraction of sp³-hybridized carbons (Fsp3) is 0.588. The average Bonchev–Trinajstić information content (AvgIpc) is 2.34. The fourth-order valence-corrected chi connectivity index (χ4v) is 2.80. The zero-order valence-electron chi connectivity index (χ0n) is 13.2. The number of carbonyl (C=O) groups excluding carboxylic acids is 1. The zero-order valence-corrected chi connectivity index (χ0v) is 13.2. The summed E-state index contributed by atoms with van der Waals surface area (Å²) in [7, 11) is 1.72. The van der Waals surface area contributed by atoms with Crippen LogP contribution in [0.3, 0.4) is 0 Å². The van der Waals surface area contributed by atoms with Gasteiger partial charge in [-0.2, -0.15) is 0 Å². The van der Waals surface area contributed by atoms with Gasteiger partial charge in [0.05, 0.1) is 18.2 Å². The van der Waals surface area contributed by atoms with Crippen molar-refractivity contribution in [3.8, 4) is 0 Å². The Morgan fingerprint density at radius 1 is 1.38 bits per heavy atom. The van der Waals surface area contributed by atoms with Gasteiger partial charge in [0.15, 0.2) is 0 Å². The van der Waals surface area contributed by atoms with Crippen LogP contribution < -0.4 is 5.32 Å². The van der Waals surface area contributed by atoms with Crippen LogP contribution in [0, 0.1) is 5.92 Å². The molecule has 1 unspecified atom stereocenters. The maximum atomic E-state index is 12.4. The first-order chi connectivity index (χ1) is 9.87. The molecule has 2 rings (SSSR count). The Morgan fingerprint density at radius 3 is 2.48 bits per heavy atom. The lowest BCUT2D eigenvalue weighted by atomic mass is 9.77. The molecule has 0 saturated heterocycles. The van der Waals surface area contributed by atoms with E-state index in [1.54, 1.807) is 25.8 Å². The second kappa shape index (κ2) is 6.48. The quantitative estimate of drug-likeness (QED) is 0.876. The minimum Gasteiger partial charge on any atom is -0.389 e. The summed E-state index contributed by atoms with van der Waals surface area (Å²) in [5.41, 5.74) is 0.275. The van der Waals surface area contributed by atoms with Gasteiger partial charge in [-0.15, -0.1) is 0 Å². The van der Waals surface area contributed by atoms with Crippen molar-refractivity contribution < 1.29 is 9.90 Å². The number of carbonyl (C=O) groups is 1. The van der Waals surface area contributed by atoms with Crippen molar-refractivity contribution in [1.82, 2.24) is 10.2 Å². The molecule has 0 bridgehead atoms.